The zero-order chi connectivity index (χ0) is 12.7. The maximum Gasteiger partial charge on any atom is 0.320 e. The van der Waals surface area contributed by atoms with E-state index in [1.165, 1.54) is 0 Å². The lowest BCUT2D eigenvalue weighted by Crippen LogP contribution is -2.38. The van der Waals surface area contributed by atoms with E-state index in [2.05, 4.69) is 5.32 Å². The van der Waals surface area contributed by atoms with E-state index in [0.717, 1.165) is 12.0 Å². The second-order valence-electron chi connectivity index (χ2n) is 4.01. The molecule has 2 atom stereocenters. The summed E-state index contributed by atoms with van der Waals surface area (Å²) in [5.74, 6) is -0.868. The van der Waals surface area contributed by atoms with Gasteiger partial charge in [0, 0.05) is 6.54 Å². The first-order valence-corrected chi connectivity index (χ1v) is 5.84. The Morgan fingerprint density at radius 3 is 2.53 bits per heavy atom. The maximum absolute atomic E-state index is 10.9. The van der Waals surface area contributed by atoms with E-state index in [9.17, 15) is 9.90 Å². The third kappa shape index (κ3) is 4.54. The van der Waals surface area contributed by atoms with Crippen LogP contribution in [0.5, 0.6) is 0 Å². The average Bonchev–Trinajstić information content (AvgIpc) is 2.34. The molecule has 0 amide bonds. The quantitative estimate of drug-likeness (QED) is 0.673. The summed E-state index contributed by atoms with van der Waals surface area (Å²) in [6, 6.07) is 8.63. The van der Waals surface area contributed by atoms with Crippen molar-refractivity contribution in [3.05, 3.63) is 35.9 Å². The lowest BCUT2D eigenvalue weighted by Gasteiger charge is -2.17. The highest BCUT2D eigenvalue weighted by Gasteiger charge is 2.17. The molecule has 0 saturated heterocycles. The summed E-state index contributed by atoms with van der Waals surface area (Å²) < 4.78 is 0. The van der Waals surface area contributed by atoms with Crippen LogP contribution in [0.3, 0.4) is 0 Å². The van der Waals surface area contributed by atoms with E-state index in [1.807, 2.05) is 37.3 Å². The van der Waals surface area contributed by atoms with Crippen molar-refractivity contribution in [3.8, 4) is 0 Å². The molecule has 0 fully saturated rings. The number of aliphatic hydroxyl groups excluding tert-OH is 1. The van der Waals surface area contributed by atoms with Gasteiger partial charge in [0.2, 0.25) is 0 Å². The van der Waals surface area contributed by atoms with Crippen LogP contribution in [0.1, 0.15) is 31.4 Å². The Hall–Kier alpha value is -1.39. The van der Waals surface area contributed by atoms with Gasteiger partial charge in [-0.2, -0.15) is 0 Å². The molecule has 0 radical (unpaired) electrons. The number of rotatable bonds is 7. The van der Waals surface area contributed by atoms with Crippen molar-refractivity contribution in [2.45, 2.75) is 31.9 Å². The highest BCUT2D eigenvalue weighted by Crippen LogP contribution is 2.11. The summed E-state index contributed by atoms with van der Waals surface area (Å²) >= 11 is 0. The number of hydrogen-bond acceptors (Lipinski definition) is 3. The fourth-order valence-electron chi connectivity index (χ4n) is 1.65. The first-order chi connectivity index (χ1) is 8.15. The van der Waals surface area contributed by atoms with Crippen LogP contribution in [-0.2, 0) is 4.79 Å². The van der Waals surface area contributed by atoms with Gasteiger partial charge in [0.05, 0.1) is 6.10 Å². The van der Waals surface area contributed by atoms with E-state index < -0.39 is 18.1 Å². The summed E-state index contributed by atoms with van der Waals surface area (Å²) in [5.41, 5.74) is 0.792. The van der Waals surface area contributed by atoms with Crippen molar-refractivity contribution in [2.75, 3.05) is 6.54 Å². The van der Waals surface area contributed by atoms with Gasteiger partial charge in [-0.05, 0) is 12.0 Å². The van der Waals surface area contributed by atoms with Crippen LogP contribution in [0.4, 0.5) is 0 Å². The smallest absolute Gasteiger partial charge is 0.320 e. The highest BCUT2D eigenvalue weighted by atomic mass is 16.4. The Kier molecular flexibility index (Phi) is 5.66. The molecule has 0 spiro atoms. The van der Waals surface area contributed by atoms with Gasteiger partial charge in [0.15, 0.2) is 0 Å². The number of benzene rings is 1. The van der Waals surface area contributed by atoms with Crippen molar-refractivity contribution in [1.82, 2.24) is 5.32 Å². The Labute approximate surface area is 101 Å². The van der Waals surface area contributed by atoms with E-state index in [-0.39, 0.29) is 6.54 Å². The maximum atomic E-state index is 10.9. The van der Waals surface area contributed by atoms with Crippen molar-refractivity contribution < 1.29 is 15.0 Å². The number of nitrogens with one attached hydrogen (secondary N) is 1. The minimum atomic E-state index is -0.868. The van der Waals surface area contributed by atoms with Gasteiger partial charge in [0.1, 0.15) is 6.04 Å². The molecular formula is C13H19NO3. The van der Waals surface area contributed by atoms with Gasteiger partial charge >= 0.3 is 5.97 Å². The van der Waals surface area contributed by atoms with Gasteiger partial charge in [-0.15, -0.1) is 0 Å². The Balaban J connectivity index is 2.46. The molecule has 17 heavy (non-hydrogen) atoms. The average molecular weight is 237 g/mol. The summed E-state index contributed by atoms with van der Waals surface area (Å²) in [5, 5.41) is 21.7. The Morgan fingerprint density at radius 2 is 2.00 bits per heavy atom. The minimum absolute atomic E-state index is 0.251. The topological polar surface area (TPSA) is 69.6 Å². The Bertz CT molecular complexity index is 340. The molecule has 4 nitrogen and oxygen atoms in total. The summed E-state index contributed by atoms with van der Waals surface area (Å²) in [6.45, 7) is 2.19. The van der Waals surface area contributed by atoms with Crippen LogP contribution in [0.25, 0.3) is 0 Å². The van der Waals surface area contributed by atoms with E-state index in [1.54, 1.807) is 0 Å². The molecule has 0 saturated carbocycles. The molecule has 2 unspecified atom stereocenters. The number of carbonyl (C=O) groups is 1. The Morgan fingerprint density at radius 1 is 1.35 bits per heavy atom. The monoisotopic (exact) mass is 237 g/mol. The first-order valence-electron chi connectivity index (χ1n) is 5.84. The molecule has 4 heteroatoms. The molecule has 0 aromatic heterocycles. The molecule has 3 N–H and O–H groups in total. The van der Waals surface area contributed by atoms with Crippen LogP contribution in [0, 0.1) is 0 Å². The number of carboxylic acids is 1. The normalized spacial score (nSPS) is 14.2. The third-order valence-corrected chi connectivity index (χ3v) is 2.62. The number of carboxylic acid groups (broad SMARTS) is 1. The third-order valence-electron chi connectivity index (χ3n) is 2.62. The number of aliphatic hydroxyl groups is 1. The van der Waals surface area contributed by atoms with Crippen molar-refractivity contribution in [3.63, 3.8) is 0 Å². The zero-order valence-electron chi connectivity index (χ0n) is 9.97. The van der Waals surface area contributed by atoms with Gasteiger partial charge in [-0.1, -0.05) is 43.7 Å². The SMILES string of the molecule is CCCC(NCC(O)c1ccccc1)C(=O)O. The lowest BCUT2D eigenvalue weighted by atomic mass is 10.1. The van der Waals surface area contributed by atoms with Gasteiger partial charge in [-0.3, -0.25) is 4.79 Å². The van der Waals surface area contributed by atoms with Crippen molar-refractivity contribution in [2.24, 2.45) is 0 Å². The summed E-state index contributed by atoms with van der Waals surface area (Å²) in [7, 11) is 0. The molecule has 1 aromatic rings. The standard InChI is InChI=1S/C13H19NO3/c1-2-6-11(13(16)17)14-9-12(15)10-7-4-3-5-8-10/h3-5,7-8,11-12,14-15H,2,6,9H2,1H3,(H,16,17). The molecule has 94 valence electrons. The lowest BCUT2D eigenvalue weighted by molar-refractivity contribution is -0.139. The van der Waals surface area contributed by atoms with Gasteiger partial charge in [0.25, 0.3) is 0 Å². The molecule has 0 aliphatic carbocycles. The molecule has 0 aliphatic rings. The summed E-state index contributed by atoms with van der Waals surface area (Å²) in [4.78, 5) is 10.9. The van der Waals surface area contributed by atoms with Gasteiger partial charge in [-0.25, -0.2) is 0 Å². The second kappa shape index (κ2) is 7.04. The highest BCUT2D eigenvalue weighted by molar-refractivity contribution is 5.73. The second-order valence-corrected chi connectivity index (χ2v) is 4.01. The van der Waals surface area contributed by atoms with E-state index in [0.29, 0.717) is 6.42 Å². The molecule has 0 aliphatic heterocycles. The molecule has 1 rings (SSSR count). The predicted octanol–water partition coefficient (Wildman–Crippen LogP) is 1.56. The fourth-order valence-corrected chi connectivity index (χ4v) is 1.65. The van der Waals surface area contributed by atoms with E-state index in [4.69, 9.17) is 5.11 Å². The van der Waals surface area contributed by atoms with Crippen LogP contribution < -0.4 is 5.32 Å². The minimum Gasteiger partial charge on any atom is -0.480 e. The molecular weight excluding hydrogens is 218 g/mol. The number of hydrogen-bond donors (Lipinski definition) is 3. The predicted molar refractivity (Wildman–Crippen MR) is 65.7 cm³/mol. The zero-order valence-corrected chi connectivity index (χ0v) is 9.97. The molecule has 1 aromatic carbocycles. The molecule has 0 heterocycles. The van der Waals surface area contributed by atoms with Crippen LogP contribution in [-0.4, -0.2) is 28.8 Å². The van der Waals surface area contributed by atoms with Crippen LogP contribution in [0.2, 0.25) is 0 Å². The van der Waals surface area contributed by atoms with Crippen molar-refractivity contribution in [1.29, 1.82) is 0 Å². The fraction of sp³-hybridized carbons (Fsp3) is 0.462. The van der Waals surface area contributed by atoms with Gasteiger partial charge < -0.3 is 15.5 Å². The van der Waals surface area contributed by atoms with Crippen molar-refractivity contribution >= 4 is 5.97 Å². The van der Waals surface area contributed by atoms with Crippen LogP contribution in [0.15, 0.2) is 30.3 Å². The number of aliphatic carboxylic acids is 1. The first kappa shape index (κ1) is 13.7. The summed E-state index contributed by atoms with van der Waals surface area (Å²) in [6.07, 6.45) is 0.692. The van der Waals surface area contributed by atoms with E-state index >= 15 is 0 Å². The molecule has 0 bridgehead atoms. The largest absolute Gasteiger partial charge is 0.480 e. The van der Waals surface area contributed by atoms with Crippen LogP contribution >= 0.6 is 0 Å².